The second-order valence-corrected chi connectivity index (χ2v) is 10.0. The first kappa shape index (κ1) is 19.5. The van der Waals surface area contributed by atoms with E-state index in [-0.39, 0.29) is 17.9 Å². The molecule has 4 nitrogen and oxygen atoms in total. The van der Waals surface area contributed by atoms with Crippen molar-refractivity contribution in [3.8, 4) is 11.5 Å². The minimum Gasteiger partial charge on any atom is -0.486 e. The van der Waals surface area contributed by atoms with Crippen LogP contribution in [-0.2, 0) is 0 Å². The Bertz CT molecular complexity index is 832. The first-order valence-corrected chi connectivity index (χ1v) is 11.7. The predicted molar refractivity (Wildman–Crippen MR) is 117 cm³/mol. The number of carbonyl (C=O) groups is 1. The third-order valence-electron chi connectivity index (χ3n) is 4.95. The molecule has 2 aromatic carbocycles. The lowest BCUT2D eigenvalue weighted by atomic mass is 9.95. The number of amides is 1. The number of hydrogen-bond acceptors (Lipinski definition) is 5. The monoisotopic (exact) mass is 415 g/mol. The summed E-state index contributed by atoms with van der Waals surface area (Å²) >= 11 is 3.95. The Labute approximate surface area is 174 Å². The molecule has 0 radical (unpaired) electrons. The Kier molecular flexibility index (Phi) is 6.07. The van der Waals surface area contributed by atoms with Crippen molar-refractivity contribution in [3.05, 3.63) is 59.2 Å². The van der Waals surface area contributed by atoms with E-state index in [0.29, 0.717) is 23.4 Å². The van der Waals surface area contributed by atoms with Crippen LogP contribution in [0, 0.1) is 5.92 Å². The van der Waals surface area contributed by atoms with Gasteiger partial charge in [0.1, 0.15) is 13.2 Å². The molecule has 1 N–H and O–H groups in total. The minimum atomic E-state index is -0.0936. The molecule has 2 aliphatic heterocycles. The van der Waals surface area contributed by atoms with Crippen LogP contribution in [0.4, 0.5) is 0 Å². The summed E-state index contributed by atoms with van der Waals surface area (Å²) in [7, 11) is 0. The molecule has 1 fully saturated rings. The second kappa shape index (κ2) is 8.70. The van der Waals surface area contributed by atoms with Crippen molar-refractivity contribution in [3.63, 3.8) is 0 Å². The zero-order chi connectivity index (χ0) is 19.5. The van der Waals surface area contributed by atoms with Crippen molar-refractivity contribution >= 4 is 29.4 Å². The average molecular weight is 416 g/mol. The van der Waals surface area contributed by atoms with E-state index in [1.165, 1.54) is 17.1 Å². The first-order chi connectivity index (χ1) is 13.6. The van der Waals surface area contributed by atoms with E-state index in [0.717, 1.165) is 17.1 Å². The Morgan fingerprint density at radius 2 is 1.68 bits per heavy atom. The van der Waals surface area contributed by atoms with E-state index in [4.69, 9.17) is 9.47 Å². The van der Waals surface area contributed by atoms with Crippen molar-refractivity contribution < 1.29 is 14.3 Å². The molecule has 148 valence electrons. The van der Waals surface area contributed by atoms with Gasteiger partial charge >= 0.3 is 0 Å². The van der Waals surface area contributed by atoms with Gasteiger partial charge in [-0.25, -0.2) is 0 Å². The van der Waals surface area contributed by atoms with Gasteiger partial charge in [-0.3, -0.25) is 4.79 Å². The van der Waals surface area contributed by atoms with Crippen molar-refractivity contribution in [2.24, 2.45) is 5.92 Å². The number of fused-ring (bicyclic) bond motifs is 1. The van der Waals surface area contributed by atoms with Crippen LogP contribution in [0.1, 0.15) is 46.0 Å². The fourth-order valence-electron chi connectivity index (χ4n) is 3.46. The van der Waals surface area contributed by atoms with Crippen LogP contribution in [0.2, 0.25) is 0 Å². The first-order valence-electron chi connectivity index (χ1n) is 9.65. The van der Waals surface area contributed by atoms with Gasteiger partial charge in [-0.05, 0) is 41.3 Å². The number of carbonyl (C=O) groups excluding carboxylic acids is 1. The molecule has 0 saturated carbocycles. The third-order valence-corrected chi connectivity index (χ3v) is 8.05. The molecule has 0 spiro atoms. The molecular formula is C22H25NO3S2. The SMILES string of the molecule is CC(C)C(NC(=O)c1ccc(C2SCCS2)cc1)c1ccc2c(c1)OCCO2. The molecule has 2 aliphatic rings. The summed E-state index contributed by atoms with van der Waals surface area (Å²) in [6, 6.07) is 13.9. The quantitative estimate of drug-likeness (QED) is 0.739. The van der Waals surface area contributed by atoms with Gasteiger partial charge in [0.05, 0.1) is 10.6 Å². The molecule has 28 heavy (non-hydrogen) atoms. The van der Waals surface area contributed by atoms with Gasteiger partial charge in [0.2, 0.25) is 0 Å². The van der Waals surface area contributed by atoms with Crippen LogP contribution in [0.3, 0.4) is 0 Å². The molecule has 1 atom stereocenters. The topological polar surface area (TPSA) is 47.6 Å². The third kappa shape index (κ3) is 4.28. The highest BCUT2D eigenvalue weighted by Crippen LogP contribution is 2.45. The standard InChI is InChI=1S/C22H25NO3S2/c1-14(2)20(17-7-8-18-19(13-17)26-10-9-25-18)23-21(24)15-3-5-16(6-4-15)22-27-11-12-28-22/h3-8,13-14,20,22H,9-12H2,1-2H3,(H,23,24). The van der Waals surface area contributed by atoms with Crippen molar-refractivity contribution in [1.82, 2.24) is 5.32 Å². The summed E-state index contributed by atoms with van der Waals surface area (Å²) < 4.78 is 11.8. The molecule has 2 heterocycles. The molecule has 6 heteroatoms. The van der Waals surface area contributed by atoms with E-state index >= 15 is 0 Å². The number of benzene rings is 2. The van der Waals surface area contributed by atoms with Gasteiger partial charge < -0.3 is 14.8 Å². The minimum absolute atomic E-state index is 0.0492. The Morgan fingerprint density at radius 3 is 2.36 bits per heavy atom. The molecule has 0 aromatic heterocycles. The van der Waals surface area contributed by atoms with Gasteiger partial charge in [-0.15, -0.1) is 23.5 Å². The zero-order valence-corrected chi connectivity index (χ0v) is 17.8. The lowest BCUT2D eigenvalue weighted by Gasteiger charge is -2.25. The van der Waals surface area contributed by atoms with Crippen LogP contribution >= 0.6 is 23.5 Å². The lowest BCUT2D eigenvalue weighted by Crippen LogP contribution is -2.32. The number of ether oxygens (including phenoxy) is 2. The number of thioether (sulfide) groups is 2. The zero-order valence-electron chi connectivity index (χ0n) is 16.1. The highest BCUT2D eigenvalue weighted by Gasteiger charge is 2.23. The average Bonchev–Trinajstić information content (AvgIpc) is 3.26. The number of nitrogens with one attached hydrogen (secondary N) is 1. The normalized spacial score (nSPS) is 17.5. The fourth-order valence-corrected chi connectivity index (χ4v) is 6.31. The Balaban J connectivity index is 1.49. The maximum Gasteiger partial charge on any atom is 0.251 e. The van der Waals surface area contributed by atoms with E-state index < -0.39 is 0 Å². The second-order valence-electron chi connectivity index (χ2n) is 7.29. The van der Waals surface area contributed by atoms with Gasteiger partial charge in [-0.1, -0.05) is 32.0 Å². The summed E-state index contributed by atoms with van der Waals surface area (Å²) in [5, 5.41) is 3.20. The van der Waals surface area contributed by atoms with Crippen molar-refractivity contribution in [2.75, 3.05) is 24.7 Å². The highest BCUT2D eigenvalue weighted by atomic mass is 32.2. The van der Waals surface area contributed by atoms with Crippen molar-refractivity contribution in [1.29, 1.82) is 0 Å². The fraction of sp³-hybridized carbons (Fsp3) is 0.409. The summed E-state index contributed by atoms with van der Waals surface area (Å²) in [5.74, 6) is 4.11. The lowest BCUT2D eigenvalue weighted by molar-refractivity contribution is 0.0925. The van der Waals surface area contributed by atoms with Gasteiger partial charge in [0, 0.05) is 17.1 Å². The molecule has 2 aromatic rings. The summed E-state index contributed by atoms with van der Waals surface area (Å²) in [6.45, 7) is 5.35. The van der Waals surface area contributed by atoms with Crippen LogP contribution in [0.25, 0.3) is 0 Å². The van der Waals surface area contributed by atoms with Gasteiger partial charge in [0.15, 0.2) is 11.5 Å². The molecular weight excluding hydrogens is 390 g/mol. The Morgan fingerprint density at radius 1 is 1.00 bits per heavy atom. The summed E-state index contributed by atoms with van der Waals surface area (Å²) in [4.78, 5) is 12.9. The molecule has 1 amide bonds. The highest BCUT2D eigenvalue weighted by molar-refractivity contribution is 8.19. The molecule has 1 unspecified atom stereocenters. The number of hydrogen-bond donors (Lipinski definition) is 1. The van der Waals surface area contributed by atoms with Gasteiger partial charge in [-0.2, -0.15) is 0 Å². The van der Waals surface area contributed by atoms with Crippen LogP contribution in [0.15, 0.2) is 42.5 Å². The molecule has 4 rings (SSSR count). The van der Waals surface area contributed by atoms with Gasteiger partial charge in [0.25, 0.3) is 5.91 Å². The van der Waals surface area contributed by atoms with Crippen molar-refractivity contribution in [2.45, 2.75) is 24.5 Å². The van der Waals surface area contributed by atoms with E-state index in [1.807, 2.05) is 53.9 Å². The van der Waals surface area contributed by atoms with E-state index in [9.17, 15) is 4.79 Å². The summed E-state index contributed by atoms with van der Waals surface area (Å²) in [5.41, 5.74) is 3.01. The smallest absolute Gasteiger partial charge is 0.251 e. The van der Waals surface area contributed by atoms with E-state index in [2.05, 4.69) is 31.3 Å². The molecule has 0 bridgehead atoms. The molecule has 1 saturated heterocycles. The van der Waals surface area contributed by atoms with Crippen LogP contribution < -0.4 is 14.8 Å². The largest absolute Gasteiger partial charge is 0.486 e. The molecule has 0 aliphatic carbocycles. The maximum absolute atomic E-state index is 12.9. The maximum atomic E-state index is 12.9. The van der Waals surface area contributed by atoms with Crippen LogP contribution in [-0.4, -0.2) is 30.6 Å². The Hall–Kier alpha value is -1.79. The predicted octanol–water partition coefficient (Wildman–Crippen LogP) is 5.06. The number of rotatable bonds is 5. The van der Waals surface area contributed by atoms with E-state index in [1.54, 1.807) is 0 Å². The summed E-state index contributed by atoms with van der Waals surface area (Å²) in [6.07, 6.45) is 0. The van der Waals surface area contributed by atoms with Crippen LogP contribution in [0.5, 0.6) is 11.5 Å².